The Balaban J connectivity index is 2.24. The lowest BCUT2D eigenvalue weighted by molar-refractivity contribution is 0.284. The summed E-state index contributed by atoms with van der Waals surface area (Å²) in [5, 5.41) is 3.32. The molecule has 1 aliphatic rings. The minimum atomic E-state index is 0.761. The van der Waals surface area contributed by atoms with E-state index in [1.54, 1.807) is 6.20 Å². The van der Waals surface area contributed by atoms with E-state index in [0.29, 0.717) is 0 Å². The molecule has 12 heavy (non-hydrogen) atoms. The molecule has 1 aliphatic heterocycles. The maximum atomic E-state index is 5.48. The molecule has 2 rings (SSSR count). The van der Waals surface area contributed by atoms with Crippen molar-refractivity contribution in [1.82, 2.24) is 10.3 Å². The highest BCUT2D eigenvalue weighted by Crippen LogP contribution is 2.15. The van der Waals surface area contributed by atoms with Gasteiger partial charge in [0.05, 0.1) is 6.61 Å². The molecular formula is C9H12N2O. The molecule has 2 heterocycles. The van der Waals surface area contributed by atoms with Crippen LogP contribution in [0.2, 0.25) is 0 Å². The van der Waals surface area contributed by atoms with E-state index in [0.717, 1.165) is 37.6 Å². The first-order valence-corrected chi connectivity index (χ1v) is 4.24. The number of rotatable bonds is 0. The molecule has 3 nitrogen and oxygen atoms in total. The average molecular weight is 164 g/mol. The Morgan fingerprint density at radius 1 is 1.50 bits per heavy atom. The van der Waals surface area contributed by atoms with Gasteiger partial charge in [-0.15, -0.1) is 0 Å². The minimum Gasteiger partial charge on any atom is -0.477 e. The van der Waals surface area contributed by atoms with E-state index in [9.17, 15) is 0 Å². The number of hydrogen-bond donors (Lipinski definition) is 1. The van der Waals surface area contributed by atoms with Crippen LogP contribution in [-0.4, -0.2) is 18.1 Å². The van der Waals surface area contributed by atoms with E-state index >= 15 is 0 Å². The van der Waals surface area contributed by atoms with Crippen LogP contribution in [-0.2, 0) is 6.54 Å². The maximum Gasteiger partial charge on any atom is 0.217 e. The molecule has 0 atom stereocenters. The Labute approximate surface area is 71.8 Å². The van der Waals surface area contributed by atoms with Crippen LogP contribution in [0.3, 0.4) is 0 Å². The smallest absolute Gasteiger partial charge is 0.217 e. The number of nitrogens with zero attached hydrogens (tertiary/aromatic N) is 1. The van der Waals surface area contributed by atoms with Gasteiger partial charge in [-0.3, -0.25) is 0 Å². The van der Waals surface area contributed by atoms with Gasteiger partial charge in [-0.2, -0.15) is 0 Å². The molecule has 3 heteroatoms. The molecule has 0 fully saturated rings. The lowest BCUT2D eigenvalue weighted by Gasteiger charge is -2.14. The van der Waals surface area contributed by atoms with Gasteiger partial charge in [0.1, 0.15) is 0 Å². The molecule has 0 aromatic carbocycles. The first-order valence-electron chi connectivity index (χ1n) is 4.24. The SMILES string of the molecule is c1cnc2c(c1)CNCCCO2. The predicted octanol–water partition coefficient (Wildman–Crippen LogP) is 0.954. The van der Waals surface area contributed by atoms with Gasteiger partial charge in [-0.05, 0) is 19.0 Å². The number of pyridine rings is 1. The van der Waals surface area contributed by atoms with Gasteiger partial charge >= 0.3 is 0 Å². The second kappa shape index (κ2) is 3.54. The van der Waals surface area contributed by atoms with E-state index in [-0.39, 0.29) is 0 Å². The summed E-state index contributed by atoms with van der Waals surface area (Å²) < 4.78 is 5.48. The fourth-order valence-electron chi connectivity index (χ4n) is 1.28. The molecule has 0 saturated carbocycles. The summed E-state index contributed by atoms with van der Waals surface area (Å²) in [6.07, 6.45) is 2.82. The van der Waals surface area contributed by atoms with Gasteiger partial charge in [-0.1, -0.05) is 6.07 Å². The molecule has 0 saturated heterocycles. The Morgan fingerprint density at radius 3 is 3.50 bits per heavy atom. The Hall–Kier alpha value is -1.09. The average Bonchev–Trinajstić information content (AvgIpc) is 2.06. The van der Waals surface area contributed by atoms with E-state index in [4.69, 9.17) is 4.74 Å². The van der Waals surface area contributed by atoms with Crippen LogP contribution in [0.25, 0.3) is 0 Å². The lowest BCUT2D eigenvalue weighted by atomic mass is 10.2. The molecule has 0 radical (unpaired) electrons. The van der Waals surface area contributed by atoms with Crippen LogP contribution in [0.15, 0.2) is 18.3 Å². The molecule has 0 bridgehead atoms. The monoisotopic (exact) mass is 164 g/mol. The zero-order valence-corrected chi connectivity index (χ0v) is 6.92. The summed E-state index contributed by atoms with van der Waals surface area (Å²) in [5.41, 5.74) is 1.15. The van der Waals surface area contributed by atoms with Crippen molar-refractivity contribution in [3.63, 3.8) is 0 Å². The third kappa shape index (κ3) is 1.56. The third-order valence-corrected chi connectivity index (χ3v) is 1.90. The van der Waals surface area contributed by atoms with Gasteiger partial charge in [0.25, 0.3) is 0 Å². The van der Waals surface area contributed by atoms with Crippen LogP contribution in [0.1, 0.15) is 12.0 Å². The van der Waals surface area contributed by atoms with Crippen molar-refractivity contribution in [2.24, 2.45) is 0 Å². The van der Waals surface area contributed by atoms with E-state index in [1.807, 2.05) is 12.1 Å². The highest BCUT2D eigenvalue weighted by Gasteiger charge is 2.06. The van der Waals surface area contributed by atoms with Crippen molar-refractivity contribution in [3.8, 4) is 5.88 Å². The van der Waals surface area contributed by atoms with Crippen molar-refractivity contribution >= 4 is 0 Å². The van der Waals surface area contributed by atoms with Crippen LogP contribution >= 0.6 is 0 Å². The van der Waals surface area contributed by atoms with Gasteiger partial charge < -0.3 is 10.1 Å². The number of fused-ring (bicyclic) bond motifs is 1. The zero-order chi connectivity index (χ0) is 8.23. The Morgan fingerprint density at radius 2 is 2.50 bits per heavy atom. The van der Waals surface area contributed by atoms with Crippen LogP contribution in [0.4, 0.5) is 0 Å². The lowest BCUT2D eigenvalue weighted by Crippen LogP contribution is -2.21. The van der Waals surface area contributed by atoms with Crippen LogP contribution < -0.4 is 10.1 Å². The van der Waals surface area contributed by atoms with Crippen molar-refractivity contribution in [3.05, 3.63) is 23.9 Å². The normalized spacial score (nSPS) is 17.0. The quantitative estimate of drug-likeness (QED) is 0.620. The molecule has 0 aliphatic carbocycles. The zero-order valence-electron chi connectivity index (χ0n) is 6.92. The number of hydrogen-bond acceptors (Lipinski definition) is 3. The largest absolute Gasteiger partial charge is 0.477 e. The number of ether oxygens (including phenoxy) is 1. The van der Waals surface area contributed by atoms with Crippen LogP contribution in [0, 0.1) is 0 Å². The maximum absolute atomic E-state index is 5.48. The summed E-state index contributed by atoms with van der Waals surface area (Å²) in [6.45, 7) is 2.65. The second-order valence-electron chi connectivity index (χ2n) is 2.85. The summed E-state index contributed by atoms with van der Waals surface area (Å²) in [6, 6.07) is 3.98. The second-order valence-corrected chi connectivity index (χ2v) is 2.85. The van der Waals surface area contributed by atoms with Crippen molar-refractivity contribution in [2.75, 3.05) is 13.2 Å². The molecule has 1 aromatic rings. The highest BCUT2D eigenvalue weighted by molar-refractivity contribution is 5.25. The van der Waals surface area contributed by atoms with Gasteiger partial charge in [0, 0.05) is 18.3 Å². The molecule has 0 unspecified atom stereocenters. The van der Waals surface area contributed by atoms with Crippen molar-refractivity contribution in [1.29, 1.82) is 0 Å². The minimum absolute atomic E-state index is 0.761. The number of nitrogens with one attached hydrogen (secondary N) is 1. The van der Waals surface area contributed by atoms with Crippen molar-refractivity contribution < 1.29 is 4.74 Å². The highest BCUT2D eigenvalue weighted by atomic mass is 16.5. The van der Waals surface area contributed by atoms with Gasteiger partial charge in [0.15, 0.2) is 0 Å². The molecule has 1 N–H and O–H groups in total. The fourth-order valence-corrected chi connectivity index (χ4v) is 1.28. The molecule has 0 amide bonds. The van der Waals surface area contributed by atoms with E-state index < -0.39 is 0 Å². The topological polar surface area (TPSA) is 34.2 Å². The van der Waals surface area contributed by atoms with Crippen molar-refractivity contribution in [2.45, 2.75) is 13.0 Å². The molecule has 64 valence electrons. The predicted molar refractivity (Wildman–Crippen MR) is 46.1 cm³/mol. The third-order valence-electron chi connectivity index (χ3n) is 1.90. The number of aromatic nitrogens is 1. The molecule has 1 aromatic heterocycles. The Kier molecular flexibility index (Phi) is 2.23. The van der Waals surface area contributed by atoms with E-state index in [2.05, 4.69) is 10.3 Å². The summed E-state index contributed by atoms with van der Waals surface area (Å²) in [5.74, 6) is 0.782. The summed E-state index contributed by atoms with van der Waals surface area (Å²) in [4.78, 5) is 4.16. The van der Waals surface area contributed by atoms with Crippen LogP contribution in [0.5, 0.6) is 5.88 Å². The standard InChI is InChI=1S/C9H12N2O/c1-3-8-7-10-4-2-6-12-9(8)11-5-1/h1,3,5,10H,2,4,6-7H2. The van der Waals surface area contributed by atoms with Gasteiger partial charge in [0.2, 0.25) is 5.88 Å². The fraction of sp³-hybridized carbons (Fsp3) is 0.444. The Bertz CT molecular complexity index is 235. The molecule has 0 spiro atoms. The summed E-state index contributed by atoms with van der Waals surface area (Å²) in [7, 11) is 0. The summed E-state index contributed by atoms with van der Waals surface area (Å²) >= 11 is 0. The first-order chi connectivity index (χ1) is 5.97. The molecular weight excluding hydrogens is 152 g/mol. The van der Waals surface area contributed by atoms with Gasteiger partial charge in [-0.25, -0.2) is 4.98 Å². The van der Waals surface area contributed by atoms with E-state index in [1.165, 1.54) is 0 Å². The first kappa shape index (κ1) is 7.55.